The lowest BCUT2D eigenvalue weighted by Crippen LogP contribution is -2.24. The summed E-state index contributed by atoms with van der Waals surface area (Å²) < 4.78 is 1.33. The lowest BCUT2D eigenvalue weighted by atomic mass is 10.6. The molecule has 0 aromatic heterocycles. The number of likely N-dealkylation sites (tertiary alicyclic amines) is 1. The van der Waals surface area contributed by atoms with Gasteiger partial charge in [0.2, 0.25) is 0 Å². The highest BCUT2D eigenvalue weighted by Crippen LogP contribution is 2.55. The highest BCUT2D eigenvalue weighted by molar-refractivity contribution is 5.04. The van der Waals surface area contributed by atoms with Gasteiger partial charge in [-0.25, -0.2) is 0 Å². The Kier molecular flexibility index (Phi) is 0.234. The molecule has 2 rings (SSSR count). The average Bonchev–Trinajstić information content (AvgIpc) is 2.13. The second-order valence-corrected chi connectivity index (χ2v) is 3.00. The molecule has 2 fully saturated rings. The molecule has 0 N–H and O–H groups in total. The van der Waals surface area contributed by atoms with Crippen molar-refractivity contribution < 1.29 is 4.48 Å². The van der Waals surface area contributed by atoms with Gasteiger partial charge in [0.05, 0.1) is 20.5 Å². The van der Waals surface area contributed by atoms with Gasteiger partial charge in [0, 0.05) is 0 Å². The molecule has 0 aromatic carbocycles. The van der Waals surface area contributed by atoms with Crippen LogP contribution >= 0.6 is 0 Å². The number of fused-ring (bicyclic) bond motifs is 1. The maximum atomic E-state index is 2.30. The molecular formula is C5H10N+. The van der Waals surface area contributed by atoms with Crippen molar-refractivity contribution in [3.8, 4) is 0 Å². The average molecular weight is 84.1 g/mol. The van der Waals surface area contributed by atoms with Crippen LogP contribution in [0, 0.1) is 0 Å². The van der Waals surface area contributed by atoms with Crippen molar-refractivity contribution in [2.75, 3.05) is 14.1 Å². The summed E-state index contributed by atoms with van der Waals surface area (Å²) in [5, 5.41) is 0. The van der Waals surface area contributed by atoms with Crippen LogP contribution < -0.4 is 0 Å². The standard InChI is InChI=1S/C5H10N/c1-6(2)4-3-5(4)6/h4-5H,3H2,1-2H3/q+1/t4-,5?/m0/s1. The van der Waals surface area contributed by atoms with E-state index in [1.807, 2.05) is 0 Å². The third-order valence-corrected chi connectivity index (χ3v) is 2.34. The Morgan fingerprint density at radius 3 is 1.67 bits per heavy atom. The summed E-state index contributed by atoms with van der Waals surface area (Å²) in [4.78, 5) is 0. The summed E-state index contributed by atoms with van der Waals surface area (Å²) in [6.07, 6.45) is 1.52. The molecule has 0 amide bonds. The van der Waals surface area contributed by atoms with Crippen molar-refractivity contribution >= 4 is 0 Å². The summed E-state index contributed by atoms with van der Waals surface area (Å²) >= 11 is 0. The minimum Gasteiger partial charge on any atom is -0.313 e. The van der Waals surface area contributed by atoms with E-state index >= 15 is 0 Å². The van der Waals surface area contributed by atoms with Crippen LogP contribution in [0.5, 0.6) is 0 Å². The van der Waals surface area contributed by atoms with Gasteiger partial charge in [-0.15, -0.1) is 0 Å². The lowest BCUT2D eigenvalue weighted by molar-refractivity contribution is -0.808. The van der Waals surface area contributed by atoms with Crippen LogP contribution in [0.25, 0.3) is 0 Å². The summed E-state index contributed by atoms with van der Waals surface area (Å²) in [5.41, 5.74) is 0. The third kappa shape index (κ3) is 0.136. The molecule has 2 atom stereocenters. The van der Waals surface area contributed by atoms with E-state index in [4.69, 9.17) is 0 Å². The van der Waals surface area contributed by atoms with Gasteiger partial charge in [0.1, 0.15) is 12.1 Å². The molecule has 1 aliphatic carbocycles. The molecule has 1 unspecified atom stereocenters. The van der Waals surface area contributed by atoms with Gasteiger partial charge in [-0.05, 0) is 0 Å². The largest absolute Gasteiger partial charge is 0.313 e. The van der Waals surface area contributed by atoms with Crippen molar-refractivity contribution in [3.63, 3.8) is 0 Å². The lowest BCUT2D eigenvalue weighted by Gasteiger charge is -2.10. The second kappa shape index (κ2) is 0.463. The smallest absolute Gasteiger partial charge is 0.148 e. The van der Waals surface area contributed by atoms with E-state index in [0.717, 1.165) is 12.1 Å². The third-order valence-electron chi connectivity index (χ3n) is 2.34. The summed E-state index contributed by atoms with van der Waals surface area (Å²) in [6, 6.07) is 2.20. The molecule has 1 saturated heterocycles. The normalized spacial score (nSPS) is 57.0. The molecule has 6 heavy (non-hydrogen) atoms. The van der Waals surface area contributed by atoms with Crippen LogP contribution in [-0.2, 0) is 0 Å². The molecule has 1 heterocycles. The first-order valence-electron chi connectivity index (χ1n) is 2.56. The Bertz CT molecular complexity index is 86.1. The van der Waals surface area contributed by atoms with E-state index < -0.39 is 0 Å². The topological polar surface area (TPSA) is 0 Å². The van der Waals surface area contributed by atoms with E-state index in [1.54, 1.807) is 0 Å². The predicted molar refractivity (Wildman–Crippen MR) is 24.3 cm³/mol. The maximum Gasteiger partial charge on any atom is 0.148 e. The molecule has 1 nitrogen and oxygen atoms in total. The molecule has 0 spiro atoms. The fraction of sp³-hybridized carbons (Fsp3) is 1.00. The highest BCUT2D eigenvalue weighted by atomic mass is 15.6. The van der Waals surface area contributed by atoms with Crippen LogP contribution in [0.4, 0.5) is 0 Å². The van der Waals surface area contributed by atoms with Crippen LogP contribution in [0.1, 0.15) is 6.42 Å². The summed E-state index contributed by atoms with van der Waals surface area (Å²) in [6.45, 7) is 0. The quantitative estimate of drug-likeness (QED) is 0.291. The second-order valence-electron chi connectivity index (χ2n) is 3.00. The predicted octanol–water partition coefficient (Wildman–Crippen LogP) is 0.217. The minimum atomic E-state index is 1.10. The zero-order chi connectivity index (χ0) is 4.36. The zero-order valence-electron chi connectivity index (χ0n) is 4.31. The van der Waals surface area contributed by atoms with Crippen LogP contribution in [0.2, 0.25) is 0 Å². The Balaban J connectivity index is 2.21. The van der Waals surface area contributed by atoms with E-state index in [-0.39, 0.29) is 0 Å². The molecule has 1 heteroatoms. The summed E-state index contributed by atoms with van der Waals surface area (Å²) in [7, 11) is 4.61. The molecule has 34 valence electrons. The number of quaternary nitrogens is 1. The Hall–Kier alpha value is -0.0400. The van der Waals surface area contributed by atoms with Crippen LogP contribution in [-0.4, -0.2) is 30.7 Å². The Morgan fingerprint density at radius 2 is 1.67 bits per heavy atom. The Morgan fingerprint density at radius 1 is 1.33 bits per heavy atom. The van der Waals surface area contributed by atoms with Gasteiger partial charge in [-0.3, -0.25) is 0 Å². The van der Waals surface area contributed by atoms with E-state index in [2.05, 4.69) is 14.1 Å². The van der Waals surface area contributed by atoms with Crippen LogP contribution in [0.3, 0.4) is 0 Å². The van der Waals surface area contributed by atoms with Crippen molar-refractivity contribution in [1.29, 1.82) is 0 Å². The molecule has 2 aliphatic rings. The zero-order valence-corrected chi connectivity index (χ0v) is 4.31. The molecule has 1 saturated carbocycles. The van der Waals surface area contributed by atoms with E-state index in [1.165, 1.54) is 10.9 Å². The van der Waals surface area contributed by atoms with E-state index in [9.17, 15) is 0 Å². The van der Waals surface area contributed by atoms with Crippen LogP contribution in [0.15, 0.2) is 0 Å². The number of hydrogen-bond acceptors (Lipinski definition) is 0. The Labute approximate surface area is 38.2 Å². The van der Waals surface area contributed by atoms with Gasteiger partial charge in [0.15, 0.2) is 0 Å². The van der Waals surface area contributed by atoms with Gasteiger partial charge in [0.25, 0.3) is 0 Å². The monoisotopic (exact) mass is 84.1 g/mol. The number of likely N-dealkylation sites (N-methyl/N-ethyl adjacent to an activating group) is 1. The van der Waals surface area contributed by atoms with Crippen molar-refractivity contribution in [3.05, 3.63) is 0 Å². The molecule has 1 aliphatic heterocycles. The first kappa shape index (κ1) is 3.03. The van der Waals surface area contributed by atoms with Crippen molar-refractivity contribution in [2.45, 2.75) is 18.5 Å². The fourth-order valence-corrected chi connectivity index (χ4v) is 1.33. The molecule has 0 bridgehead atoms. The SMILES string of the molecule is C[N+]1(C)C2C[C@@H]21. The van der Waals surface area contributed by atoms with Crippen molar-refractivity contribution in [1.82, 2.24) is 0 Å². The van der Waals surface area contributed by atoms with E-state index in [0.29, 0.717) is 0 Å². The molecule has 0 aromatic rings. The highest BCUT2D eigenvalue weighted by Gasteiger charge is 2.75. The molecule has 0 radical (unpaired) electrons. The maximum absolute atomic E-state index is 2.30. The molecular weight excluding hydrogens is 74.1 g/mol. The number of nitrogens with zero attached hydrogens (tertiary/aromatic N) is 1. The first-order valence-corrected chi connectivity index (χ1v) is 2.56. The number of hydrogen-bond donors (Lipinski definition) is 0. The van der Waals surface area contributed by atoms with Gasteiger partial charge in [-0.1, -0.05) is 0 Å². The first-order chi connectivity index (χ1) is 2.73. The summed E-state index contributed by atoms with van der Waals surface area (Å²) in [5.74, 6) is 0. The van der Waals surface area contributed by atoms with Gasteiger partial charge < -0.3 is 4.48 Å². The fourth-order valence-electron chi connectivity index (χ4n) is 1.33. The number of rotatable bonds is 0. The van der Waals surface area contributed by atoms with Gasteiger partial charge in [-0.2, -0.15) is 0 Å². The van der Waals surface area contributed by atoms with Crippen molar-refractivity contribution in [2.24, 2.45) is 0 Å². The minimum absolute atomic E-state index is 1.10. The van der Waals surface area contributed by atoms with Gasteiger partial charge >= 0.3 is 0 Å².